The summed E-state index contributed by atoms with van der Waals surface area (Å²) in [6.07, 6.45) is 4.37. The summed E-state index contributed by atoms with van der Waals surface area (Å²) in [4.78, 5) is 9.51. The van der Waals surface area contributed by atoms with Gasteiger partial charge < -0.3 is 10.2 Å². The number of halogens is 1. The minimum absolute atomic E-state index is 0. The van der Waals surface area contributed by atoms with Gasteiger partial charge in [-0.3, -0.25) is 4.90 Å². The summed E-state index contributed by atoms with van der Waals surface area (Å²) in [5, 5.41) is 8.58. The molecule has 0 saturated carbocycles. The van der Waals surface area contributed by atoms with E-state index < -0.39 is 10.0 Å². The van der Waals surface area contributed by atoms with Gasteiger partial charge >= 0.3 is 0 Å². The third-order valence-electron chi connectivity index (χ3n) is 5.12. The number of aliphatic imine (C=N–C) groups is 1. The van der Waals surface area contributed by atoms with Crippen LogP contribution in [0.4, 0.5) is 0 Å². The topological polar surface area (TPSA) is 91.0 Å². The zero-order valence-electron chi connectivity index (χ0n) is 18.4. The van der Waals surface area contributed by atoms with Gasteiger partial charge in [-0.25, -0.2) is 18.5 Å². The van der Waals surface area contributed by atoms with Gasteiger partial charge in [0.25, 0.3) is 0 Å². The van der Waals surface area contributed by atoms with Crippen molar-refractivity contribution in [3.63, 3.8) is 0 Å². The number of nitrogens with one attached hydrogen (secondary N) is 1. The van der Waals surface area contributed by atoms with Gasteiger partial charge in [0.1, 0.15) is 0 Å². The second kappa shape index (κ2) is 12.9. The molecule has 0 unspecified atom stereocenters. The molecule has 2 aromatic rings. The molecule has 0 aliphatic carbocycles. The third kappa shape index (κ3) is 8.19. The molecule has 3 rings (SSSR count). The summed E-state index contributed by atoms with van der Waals surface area (Å²) in [5.74, 6) is 0.850. The SMILES string of the molecule is CCNC(=NCc1cccc(S(N)(=O)=O)c1)N1CCN(C/C=C/c2ccccc2)CC1.I. The quantitative estimate of drug-likeness (QED) is 0.304. The lowest BCUT2D eigenvalue weighted by Crippen LogP contribution is -2.52. The maximum Gasteiger partial charge on any atom is 0.238 e. The van der Waals surface area contributed by atoms with Crippen LogP contribution in [-0.2, 0) is 16.6 Å². The number of nitrogens with two attached hydrogens (primary N) is 1. The standard InChI is InChI=1S/C23H31N5O2S.HI/c1-2-25-23(26-19-21-10-6-12-22(18-21)31(24,29)30)28-16-14-27(15-17-28)13-7-11-20-8-4-3-5-9-20;/h3-12,18H,2,13-17,19H2,1H3,(H,25,26)(H2,24,29,30);1H/b11-7+;. The first-order valence-electron chi connectivity index (χ1n) is 10.5. The summed E-state index contributed by atoms with van der Waals surface area (Å²) in [6.45, 7) is 7.85. The molecule has 1 heterocycles. The van der Waals surface area contributed by atoms with Gasteiger partial charge in [0.15, 0.2) is 5.96 Å². The summed E-state index contributed by atoms with van der Waals surface area (Å²) in [5.41, 5.74) is 2.03. The van der Waals surface area contributed by atoms with Gasteiger partial charge in [-0.1, -0.05) is 54.6 Å². The van der Waals surface area contributed by atoms with Crippen LogP contribution in [0.15, 0.2) is 70.6 Å². The maximum atomic E-state index is 11.6. The Hall–Kier alpha value is -1.95. The summed E-state index contributed by atoms with van der Waals surface area (Å²) in [7, 11) is -3.71. The Morgan fingerprint density at radius 3 is 2.47 bits per heavy atom. The number of benzene rings is 2. The highest BCUT2D eigenvalue weighted by molar-refractivity contribution is 14.0. The zero-order valence-corrected chi connectivity index (χ0v) is 21.5. The van der Waals surface area contributed by atoms with Gasteiger partial charge in [-0.15, -0.1) is 24.0 Å². The molecule has 1 aliphatic rings. The van der Waals surface area contributed by atoms with E-state index in [0.29, 0.717) is 6.54 Å². The van der Waals surface area contributed by atoms with E-state index >= 15 is 0 Å². The number of hydrogen-bond donors (Lipinski definition) is 2. The van der Waals surface area contributed by atoms with Crippen molar-refractivity contribution in [1.29, 1.82) is 0 Å². The predicted molar refractivity (Wildman–Crippen MR) is 142 cm³/mol. The lowest BCUT2D eigenvalue weighted by molar-refractivity contribution is 0.194. The van der Waals surface area contributed by atoms with Crippen LogP contribution in [0.1, 0.15) is 18.1 Å². The molecule has 0 radical (unpaired) electrons. The molecule has 0 spiro atoms. The van der Waals surface area contributed by atoms with E-state index in [1.165, 1.54) is 11.6 Å². The molecular formula is C23H32IN5O2S. The average molecular weight is 570 g/mol. The summed E-state index contributed by atoms with van der Waals surface area (Å²) in [6, 6.07) is 17.0. The fourth-order valence-corrected chi connectivity index (χ4v) is 4.04. The van der Waals surface area contributed by atoms with Crippen LogP contribution in [0, 0.1) is 0 Å². The molecule has 0 atom stereocenters. The molecule has 1 fully saturated rings. The summed E-state index contributed by atoms with van der Waals surface area (Å²) < 4.78 is 23.1. The second-order valence-electron chi connectivity index (χ2n) is 7.46. The Bertz CT molecular complexity index is 1000. The van der Waals surface area contributed by atoms with E-state index in [1.54, 1.807) is 12.1 Å². The highest BCUT2D eigenvalue weighted by Gasteiger charge is 2.18. The van der Waals surface area contributed by atoms with Crippen LogP contribution in [0.3, 0.4) is 0 Å². The Kier molecular flexibility index (Phi) is 10.6. The van der Waals surface area contributed by atoms with Crippen molar-refractivity contribution in [3.8, 4) is 0 Å². The van der Waals surface area contributed by atoms with Crippen molar-refractivity contribution in [2.75, 3.05) is 39.3 Å². The first-order chi connectivity index (χ1) is 15.0. The van der Waals surface area contributed by atoms with Crippen molar-refractivity contribution in [3.05, 3.63) is 71.8 Å². The third-order valence-corrected chi connectivity index (χ3v) is 6.03. The molecule has 0 aromatic heterocycles. The predicted octanol–water partition coefficient (Wildman–Crippen LogP) is 2.75. The zero-order chi connectivity index (χ0) is 22.1. The highest BCUT2D eigenvalue weighted by Crippen LogP contribution is 2.11. The average Bonchev–Trinajstić information content (AvgIpc) is 2.77. The molecule has 1 aliphatic heterocycles. The van der Waals surface area contributed by atoms with Crippen LogP contribution < -0.4 is 10.5 Å². The van der Waals surface area contributed by atoms with Crippen molar-refractivity contribution in [2.24, 2.45) is 10.1 Å². The number of sulfonamides is 1. The summed E-state index contributed by atoms with van der Waals surface area (Å²) >= 11 is 0. The largest absolute Gasteiger partial charge is 0.357 e. The molecule has 7 nitrogen and oxygen atoms in total. The van der Waals surface area contributed by atoms with Crippen LogP contribution in [-0.4, -0.2) is 63.4 Å². The normalized spacial score (nSPS) is 15.6. The van der Waals surface area contributed by atoms with E-state index in [1.807, 2.05) is 31.2 Å². The Morgan fingerprint density at radius 1 is 1.09 bits per heavy atom. The lowest BCUT2D eigenvalue weighted by Gasteiger charge is -2.36. The van der Waals surface area contributed by atoms with E-state index in [-0.39, 0.29) is 28.9 Å². The Balaban J connectivity index is 0.00000363. The van der Waals surface area contributed by atoms with Crippen molar-refractivity contribution >= 4 is 46.0 Å². The molecule has 0 bridgehead atoms. The maximum absolute atomic E-state index is 11.6. The molecule has 0 amide bonds. The first kappa shape index (κ1) is 26.3. The molecule has 174 valence electrons. The van der Waals surface area contributed by atoms with Crippen molar-refractivity contribution in [1.82, 2.24) is 15.1 Å². The Morgan fingerprint density at radius 2 is 1.81 bits per heavy atom. The first-order valence-corrected chi connectivity index (χ1v) is 12.1. The van der Waals surface area contributed by atoms with Crippen LogP contribution in [0.25, 0.3) is 6.08 Å². The number of hydrogen-bond acceptors (Lipinski definition) is 4. The van der Waals surface area contributed by atoms with Crippen LogP contribution in [0.2, 0.25) is 0 Å². The molecule has 32 heavy (non-hydrogen) atoms. The minimum atomic E-state index is -3.71. The highest BCUT2D eigenvalue weighted by atomic mass is 127. The smallest absolute Gasteiger partial charge is 0.238 e. The lowest BCUT2D eigenvalue weighted by atomic mass is 10.2. The van der Waals surface area contributed by atoms with Gasteiger partial charge in [0.05, 0.1) is 11.4 Å². The molecular weight excluding hydrogens is 537 g/mol. The number of piperazine rings is 1. The molecule has 3 N–H and O–H groups in total. The van der Waals surface area contributed by atoms with Gasteiger partial charge in [-0.05, 0) is 30.2 Å². The second-order valence-corrected chi connectivity index (χ2v) is 9.02. The van der Waals surface area contributed by atoms with Gasteiger partial charge in [0.2, 0.25) is 10.0 Å². The molecule has 2 aromatic carbocycles. The van der Waals surface area contributed by atoms with Gasteiger partial charge in [0, 0.05) is 39.3 Å². The van der Waals surface area contributed by atoms with E-state index in [0.717, 1.165) is 50.8 Å². The number of guanidine groups is 1. The number of rotatable bonds is 7. The van der Waals surface area contributed by atoms with Gasteiger partial charge in [-0.2, -0.15) is 0 Å². The monoisotopic (exact) mass is 569 g/mol. The van der Waals surface area contributed by atoms with E-state index in [9.17, 15) is 8.42 Å². The fourth-order valence-electron chi connectivity index (χ4n) is 3.46. The van der Waals surface area contributed by atoms with E-state index in [4.69, 9.17) is 10.1 Å². The van der Waals surface area contributed by atoms with Crippen molar-refractivity contribution < 1.29 is 8.42 Å². The molecule has 1 saturated heterocycles. The Labute approximate surface area is 208 Å². The van der Waals surface area contributed by atoms with Crippen molar-refractivity contribution in [2.45, 2.75) is 18.4 Å². The number of primary sulfonamides is 1. The fraction of sp³-hybridized carbons (Fsp3) is 0.348. The van der Waals surface area contributed by atoms with E-state index in [2.05, 4.69) is 39.4 Å². The van der Waals surface area contributed by atoms with Crippen LogP contribution in [0.5, 0.6) is 0 Å². The number of nitrogens with zero attached hydrogens (tertiary/aromatic N) is 3. The minimum Gasteiger partial charge on any atom is -0.357 e. The van der Waals surface area contributed by atoms with Crippen LogP contribution >= 0.6 is 24.0 Å². The molecule has 9 heteroatoms.